The summed E-state index contributed by atoms with van der Waals surface area (Å²) in [4.78, 5) is 28.7. The second-order valence-electron chi connectivity index (χ2n) is 7.29. The molecule has 1 atom stereocenters. The van der Waals surface area contributed by atoms with Crippen LogP contribution in [-0.4, -0.2) is 67.2 Å². The fourth-order valence-electron chi connectivity index (χ4n) is 2.61. The van der Waals surface area contributed by atoms with E-state index in [1.807, 2.05) is 44.4 Å². The third-order valence-corrected chi connectivity index (χ3v) is 4.86. The first-order chi connectivity index (χ1) is 11.8. The average Bonchev–Trinajstić information content (AvgIpc) is 2.59. The molecule has 1 aliphatic heterocycles. The van der Waals surface area contributed by atoms with Gasteiger partial charge in [-0.3, -0.25) is 9.69 Å². The summed E-state index contributed by atoms with van der Waals surface area (Å²) in [6.45, 7) is 5.60. The van der Waals surface area contributed by atoms with E-state index < -0.39 is 12.1 Å². The molecule has 0 radical (unpaired) electrons. The fraction of sp³-hybridized carbons (Fsp3) is 0.579. The van der Waals surface area contributed by atoms with Crippen molar-refractivity contribution >= 4 is 12.0 Å². The van der Waals surface area contributed by atoms with E-state index in [0.717, 1.165) is 12.0 Å². The number of hydrogen-bond donors (Lipinski definition) is 1. The minimum atomic E-state index is -0.562. The molecule has 1 saturated heterocycles. The first-order valence-corrected chi connectivity index (χ1v) is 8.74. The zero-order valence-electron chi connectivity index (χ0n) is 15.6. The van der Waals surface area contributed by atoms with Crippen molar-refractivity contribution in [2.45, 2.75) is 38.3 Å². The lowest BCUT2D eigenvalue weighted by Gasteiger charge is -2.36. The van der Waals surface area contributed by atoms with E-state index in [1.165, 1.54) is 0 Å². The molecule has 0 bridgehead atoms. The van der Waals surface area contributed by atoms with Crippen LogP contribution in [0.2, 0.25) is 0 Å². The zero-order valence-corrected chi connectivity index (χ0v) is 15.6. The summed E-state index contributed by atoms with van der Waals surface area (Å²) in [5.41, 5.74) is 0.850. The lowest BCUT2D eigenvalue weighted by Crippen LogP contribution is -2.56. The lowest BCUT2D eigenvalue weighted by molar-refractivity contribution is -0.127. The second kappa shape index (κ2) is 8.34. The van der Waals surface area contributed by atoms with E-state index in [9.17, 15) is 9.59 Å². The molecule has 0 aromatic heterocycles. The van der Waals surface area contributed by atoms with Gasteiger partial charge in [-0.25, -0.2) is 4.79 Å². The van der Waals surface area contributed by atoms with Crippen molar-refractivity contribution in [2.24, 2.45) is 0 Å². The van der Waals surface area contributed by atoms with Crippen LogP contribution in [0.25, 0.3) is 0 Å². The molecular weight excluding hydrogens is 318 g/mol. The number of benzene rings is 1. The standard InChI is InChI=1S/C19H29N3O3/c1-19(2,21(3)4)14-20-17(23)16(13-15-9-6-5-7-10-15)22-11-8-12-25-18(22)24/h5-7,9-10,16H,8,11-14H2,1-4H3,(H,20,23)/t16-/m1/s1. The first-order valence-electron chi connectivity index (χ1n) is 8.74. The molecule has 2 rings (SSSR count). The zero-order chi connectivity index (χ0) is 18.4. The molecule has 1 aromatic carbocycles. The Bertz CT molecular complexity index is 587. The topological polar surface area (TPSA) is 61.9 Å². The summed E-state index contributed by atoms with van der Waals surface area (Å²) >= 11 is 0. The molecule has 1 aromatic rings. The van der Waals surface area contributed by atoms with Crippen LogP contribution in [0, 0.1) is 0 Å². The Labute approximate surface area is 150 Å². The molecule has 1 fully saturated rings. The van der Waals surface area contributed by atoms with Gasteiger partial charge in [0, 0.05) is 25.0 Å². The molecule has 0 unspecified atom stereocenters. The summed E-state index contributed by atoms with van der Waals surface area (Å²) in [7, 11) is 3.96. The summed E-state index contributed by atoms with van der Waals surface area (Å²) in [5.74, 6) is -0.141. The molecule has 0 saturated carbocycles. The van der Waals surface area contributed by atoms with E-state index in [1.54, 1.807) is 4.90 Å². The number of carbonyl (C=O) groups excluding carboxylic acids is 2. The van der Waals surface area contributed by atoms with E-state index >= 15 is 0 Å². The minimum Gasteiger partial charge on any atom is -0.449 e. The van der Waals surface area contributed by atoms with Gasteiger partial charge in [0.1, 0.15) is 6.04 Å². The fourth-order valence-corrected chi connectivity index (χ4v) is 2.61. The number of rotatable bonds is 7. The van der Waals surface area contributed by atoms with E-state index in [2.05, 4.69) is 24.1 Å². The van der Waals surface area contributed by atoms with Crippen LogP contribution >= 0.6 is 0 Å². The second-order valence-corrected chi connectivity index (χ2v) is 7.29. The molecule has 0 spiro atoms. The molecule has 6 heteroatoms. The van der Waals surface area contributed by atoms with Crippen molar-refractivity contribution in [1.29, 1.82) is 0 Å². The molecule has 25 heavy (non-hydrogen) atoms. The van der Waals surface area contributed by atoms with Gasteiger partial charge in [0.05, 0.1) is 6.61 Å². The maximum Gasteiger partial charge on any atom is 0.410 e. The van der Waals surface area contributed by atoms with Gasteiger partial charge < -0.3 is 15.0 Å². The molecule has 2 amide bonds. The van der Waals surface area contributed by atoms with Crippen molar-refractivity contribution in [3.05, 3.63) is 35.9 Å². The predicted molar refractivity (Wildman–Crippen MR) is 97.4 cm³/mol. The van der Waals surface area contributed by atoms with Crippen molar-refractivity contribution < 1.29 is 14.3 Å². The van der Waals surface area contributed by atoms with Gasteiger partial charge in [0.25, 0.3) is 0 Å². The monoisotopic (exact) mass is 347 g/mol. The van der Waals surface area contributed by atoms with Crippen LogP contribution in [0.5, 0.6) is 0 Å². The molecule has 6 nitrogen and oxygen atoms in total. The molecular formula is C19H29N3O3. The Balaban J connectivity index is 2.12. The van der Waals surface area contributed by atoms with Gasteiger partial charge in [0.2, 0.25) is 5.91 Å². The van der Waals surface area contributed by atoms with Crippen LogP contribution in [0.4, 0.5) is 4.79 Å². The summed E-state index contributed by atoms with van der Waals surface area (Å²) < 4.78 is 5.14. The van der Waals surface area contributed by atoms with Gasteiger partial charge >= 0.3 is 6.09 Å². The van der Waals surface area contributed by atoms with Crippen LogP contribution in [-0.2, 0) is 16.0 Å². The van der Waals surface area contributed by atoms with Crippen LogP contribution in [0.15, 0.2) is 30.3 Å². The van der Waals surface area contributed by atoms with Gasteiger partial charge in [0.15, 0.2) is 0 Å². The van der Waals surface area contributed by atoms with Crippen molar-refractivity contribution in [3.8, 4) is 0 Å². The normalized spacial score (nSPS) is 16.5. The maximum atomic E-state index is 12.9. The first kappa shape index (κ1) is 19.2. The Morgan fingerprint density at radius 3 is 2.60 bits per heavy atom. The number of hydrogen-bond acceptors (Lipinski definition) is 4. The molecule has 0 aliphatic carbocycles. The smallest absolute Gasteiger partial charge is 0.410 e. The predicted octanol–water partition coefficient (Wildman–Crippen LogP) is 1.90. The number of likely N-dealkylation sites (N-methyl/N-ethyl adjacent to an activating group) is 1. The molecule has 1 heterocycles. The lowest BCUT2D eigenvalue weighted by atomic mass is 10.0. The SMILES string of the molecule is CN(C)C(C)(C)CNC(=O)[C@@H](Cc1ccccc1)N1CCCOC1=O. The van der Waals surface area contributed by atoms with Gasteiger partial charge in [-0.2, -0.15) is 0 Å². The van der Waals surface area contributed by atoms with Crippen LogP contribution < -0.4 is 5.32 Å². The highest BCUT2D eigenvalue weighted by Crippen LogP contribution is 2.16. The largest absolute Gasteiger partial charge is 0.449 e. The number of nitrogens with zero attached hydrogens (tertiary/aromatic N) is 2. The Kier molecular flexibility index (Phi) is 6.42. The maximum absolute atomic E-state index is 12.9. The van der Waals surface area contributed by atoms with E-state index in [-0.39, 0.29) is 11.4 Å². The number of amides is 2. The third-order valence-electron chi connectivity index (χ3n) is 4.86. The summed E-state index contributed by atoms with van der Waals surface area (Å²) in [6, 6.07) is 9.20. The molecule has 1 aliphatic rings. The van der Waals surface area contributed by atoms with Gasteiger partial charge in [-0.15, -0.1) is 0 Å². The van der Waals surface area contributed by atoms with Crippen LogP contribution in [0.1, 0.15) is 25.8 Å². The Hall–Kier alpha value is -2.08. The summed E-state index contributed by atoms with van der Waals surface area (Å²) in [5, 5.41) is 3.01. The molecule has 138 valence electrons. The highest BCUT2D eigenvalue weighted by atomic mass is 16.6. The third kappa shape index (κ3) is 5.19. The van der Waals surface area contributed by atoms with Crippen molar-refractivity contribution in [3.63, 3.8) is 0 Å². The number of carbonyl (C=O) groups is 2. The van der Waals surface area contributed by atoms with Gasteiger partial charge in [-0.1, -0.05) is 30.3 Å². The molecule has 1 N–H and O–H groups in total. The van der Waals surface area contributed by atoms with E-state index in [4.69, 9.17) is 4.74 Å². The van der Waals surface area contributed by atoms with Crippen LogP contribution in [0.3, 0.4) is 0 Å². The van der Waals surface area contributed by atoms with Gasteiger partial charge in [-0.05, 0) is 39.9 Å². The Morgan fingerprint density at radius 2 is 2.00 bits per heavy atom. The quantitative estimate of drug-likeness (QED) is 0.818. The minimum absolute atomic E-state index is 0.141. The highest BCUT2D eigenvalue weighted by molar-refractivity contribution is 5.86. The number of cyclic esters (lactones) is 1. The average molecular weight is 347 g/mol. The number of nitrogens with one attached hydrogen (secondary N) is 1. The highest BCUT2D eigenvalue weighted by Gasteiger charge is 2.33. The van der Waals surface area contributed by atoms with Crippen molar-refractivity contribution in [2.75, 3.05) is 33.8 Å². The Morgan fingerprint density at radius 1 is 1.32 bits per heavy atom. The number of ether oxygens (including phenoxy) is 1. The summed E-state index contributed by atoms with van der Waals surface area (Å²) in [6.07, 6.45) is 0.812. The van der Waals surface area contributed by atoms with Crippen molar-refractivity contribution in [1.82, 2.24) is 15.1 Å². The van der Waals surface area contributed by atoms with E-state index in [0.29, 0.717) is 26.1 Å².